The first-order valence-corrected chi connectivity index (χ1v) is 10.9. The van der Waals surface area contributed by atoms with Crippen molar-refractivity contribution in [1.29, 1.82) is 0 Å². The summed E-state index contributed by atoms with van der Waals surface area (Å²) in [5, 5.41) is 0. The number of ether oxygens (including phenoxy) is 1. The molecule has 1 fully saturated rings. The number of hydrogen-bond donors (Lipinski definition) is 2. The smallest absolute Gasteiger partial charge is 0.289 e. The molecule has 2 aromatic carbocycles. The van der Waals surface area contributed by atoms with Crippen LogP contribution in [0.15, 0.2) is 71.3 Å². The third kappa shape index (κ3) is 5.55. The van der Waals surface area contributed by atoms with Gasteiger partial charge in [-0.3, -0.25) is 15.6 Å². The average Bonchev–Trinajstić information content (AvgIpc) is 3.48. The maximum absolute atomic E-state index is 13.1. The lowest BCUT2D eigenvalue weighted by molar-refractivity contribution is 0.0756. The molecule has 1 aliphatic heterocycles. The SMILES string of the molecule is CN(CCCC1CC(c2ccc(F)cc2)NN1)C(=O)c1occc1COc1ccccc1. The lowest BCUT2D eigenvalue weighted by Crippen LogP contribution is -2.32. The molecule has 2 heterocycles. The summed E-state index contributed by atoms with van der Waals surface area (Å²) in [5.74, 6) is 0.691. The third-order valence-electron chi connectivity index (χ3n) is 5.73. The van der Waals surface area contributed by atoms with Crippen LogP contribution in [-0.4, -0.2) is 30.4 Å². The van der Waals surface area contributed by atoms with Crippen LogP contribution in [0.4, 0.5) is 4.39 Å². The molecule has 2 unspecified atom stereocenters. The number of carbonyl (C=O) groups excluding carboxylic acids is 1. The number of amides is 1. The Hall–Kier alpha value is -3.16. The summed E-state index contributed by atoms with van der Waals surface area (Å²) in [6, 6.07) is 18.3. The van der Waals surface area contributed by atoms with Gasteiger partial charge in [-0.1, -0.05) is 30.3 Å². The van der Waals surface area contributed by atoms with E-state index in [9.17, 15) is 9.18 Å². The molecule has 1 saturated heterocycles. The topological polar surface area (TPSA) is 66.7 Å². The first-order chi connectivity index (χ1) is 15.6. The lowest BCUT2D eigenvalue weighted by atomic mass is 9.99. The monoisotopic (exact) mass is 437 g/mol. The zero-order valence-corrected chi connectivity index (χ0v) is 18.1. The van der Waals surface area contributed by atoms with Crippen molar-refractivity contribution < 1.29 is 18.3 Å². The van der Waals surface area contributed by atoms with Crippen molar-refractivity contribution in [1.82, 2.24) is 15.8 Å². The second-order valence-electron chi connectivity index (χ2n) is 8.07. The second-order valence-corrected chi connectivity index (χ2v) is 8.07. The van der Waals surface area contributed by atoms with Gasteiger partial charge in [-0.2, -0.15) is 0 Å². The van der Waals surface area contributed by atoms with Gasteiger partial charge in [0.15, 0.2) is 5.76 Å². The highest BCUT2D eigenvalue weighted by molar-refractivity contribution is 5.92. The van der Waals surface area contributed by atoms with E-state index < -0.39 is 0 Å². The number of nitrogens with one attached hydrogen (secondary N) is 2. The minimum absolute atomic E-state index is 0.150. The van der Waals surface area contributed by atoms with Crippen molar-refractivity contribution in [3.05, 3.63) is 89.6 Å². The van der Waals surface area contributed by atoms with Crippen LogP contribution in [0.5, 0.6) is 5.75 Å². The fourth-order valence-electron chi connectivity index (χ4n) is 3.89. The van der Waals surface area contributed by atoms with E-state index >= 15 is 0 Å². The predicted octanol–water partition coefficient (Wildman–Crippen LogP) is 4.46. The Kier molecular flexibility index (Phi) is 7.19. The fraction of sp³-hybridized carbons (Fsp3) is 0.320. The molecule has 2 atom stereocenters. The first-order valence-electron chi connectivity index (χ1n) is 10.9. The van der Waals surface area contributed by atoms with Gasteiger partial charge in [-0.25, -0.2) is 4.39 Å². The van der Waals surface area contributed by atoms with Crippen LogP contribution in [-0.2, 0) is 6.61 Å². The number of furan rings is 1. The summed E-state index contributed by atoms with van der Waals surface area (Å²) >= 11 is 0. The van der Waals surface area contributed by atoms with Crippen molar-refractivity contribution in [3.8, 4) is 5.75 Å². The Morgan fingerprint density at radius 1 is 1.12 bits per heavy atom. The van der Waals surface area contributed by atoms with Crippen molar-refractivity contribution in [3.63, 3.8) is 0 Å². The molecule has 0 aliphatic carbocycles. The van der Waals surface area contributed by atoms with Crippen LogP contribution in [0, 0.1) is 5.82 Å². The van der Waals surface area contributed by atoms with E-state index in [-0.39, 0.29) is 24.4 Å². The van der Waals surface area contributed by atoms with Crippen LogP contribution in [0.3, 0.4) is 0 Å². The molecule has 1 aromatic heterocycles. The van der Waals surface area contributed by atoms with E-state index in [0.29, 0.717) is 18.3 Å². The van der Waals surface area contributed by atoms with Crippen molar-refractivity contribution in [2.24, 2.45) is 0 Å². The molecular weight excluding hydrogens is 409 g/mol. The zero-order valence-electron chi connectivity index (χ0n) is 18.1. The van der Waals surface area contributed by atoms with E-state index in [1.54, 1.807) is 18.0 Å². The molecule has 4 rings (SSSR count). The molecule has 7 heteroatoms. The molecule has 1 amide bonds. The van der Waals surface area contributed by atoms with Gasteiger partial charge in [-0.15, -0.1) is 0 Å². The Balaban J connectivity index is 1.23. The van der Waals surface area contributed by atoms with Gasteiger partial charge in [0.1, 0.15) is 18.2 Å². The van der Waals surface area contributed by atoms with Gasteiger partial charge in [0.25, 0.3) is 5.91 Å². The number of nitrogens with zero attached hydrogens (tertiary/aromatic N) is 1. The predicted molar refractivity (Wildman–Crippen MR) is 119 cm³/mol. The lowest BCUT2D eigenvalue weighted by Gasteiger charge is -2.18. The highest BCUT2D eigenvalue weighted by Crippen LogP contribution is 2.24. The summed E-state index contributed by atoms with van der Waals surface area (Å²) < 4.78 is 24.3. The van der Waals surface area contributed by atoms with Crippen LogP contribution in [0.1, 0.15) is 47.0 Å². The maximum atomic E-state index is 13.1. The largest absolute Gasteiger partial charge is 0.489 e. The molecule has 0 spiro atoms. The Morgan fingerprint density at radius 3 is 2.69 bits per heavy atom. The molecule has 0 saturated carbocycles. The van der Waals surface area contributed by atoms with Crippen molar-refractivity contribution >= 4 is 5.91 Å². The summed E-state index contributed by atoms with van der Waals surface area (Å²) in [6.07, 6.45) is 4.22. The van der Waals surface area contributed by atoms with E-state index in [4.69, 9.17) is 9.15 Å². The molecule has 0 radical (unpaired) electrons. The number of hydrazine groups is 1. The van der Waals surface area contributed by atoms with E-state index in [0.717, 1.165) is 36.1 Å². The van der Waals surface area contributed by atoms with Gasteiger partial charge < -0.3 is 14.1 Å². The van der Waals surface area contributed by atoms with Crippen molar-refractivity contribution in [2.45, 2.75) is 38.0 Å². The zero-order chi connectivity index (χ0) is 22.3. The molecule has 3 aromatic rings. The fourth-order valence-corrected chi connectivity index (χ4v) is 3.89. The molecule has 1 aliphatic rings. The third-order valence-corrected chi connectivity index (χ3v) is 5.73. The summed E-state index contributed by atoms with van der Waals surface area (Å²) in [6.45, 7) is 0.899. The summed E-state index contributed by atoms with van der Waals surface area (Å²) in [7, 11) is 1.79. The molecule has 6 nitrogen and oxygen atoms in total. The highest BCUT2D eigenvalue weighted by Gasteiger charge is 2.25. The van der Waals surface area contributed by atoms with Gasteiger partial charge in [0.2, 0.25) is 0 Å². The summed E-state index contributed by atoms with van der Waals surface area (Å²) in [5.41, 5.74) is 8.39. The van der Waals surface area contributed by atoms with E-state index in [2.05, 4.69) is 10.9 Å². The van der Waals surface area contributed by atoms with Gasteiger partial charge in [-0.05, 0) is 55.2 Å². The standard InChI is InChI=1S/C25H28FN3O3/c1-29(14-5-6-21-16-23(28-27-21)18-9-11-20(26)12-10-18)25(30)24-19(13-15-31-24)17-32-22-7-3-2-4-8-22/h2-4,7-13,15,21,23,27-28H,5-6,14,16-17H2,1H3. The molecular formula is C25H28FN3O3. The number of carbonyl (C=O) groups is 1. The second kappa shape index (κ2) is 10.4. The van der Waals surface area contributed by atoms with Crippen LogP contribution in [0.25, 0.3) is 0 Å². The van der Waals surface area contributed by atoms with Gasteiger partial charge >= 0.3 is 0 Å². The van der Waals surface area contributed by atoms with Crippen LogP contribution >= 0.6 is 0 Å². The molecule has 32 heavy (non-hydrogen) atoms. The van der Waals surface area contributed by atoms with Crippen LogP contribution in [0.2, 0.25) is 0 Å². The Labute approximate surface area is 187 Å². The maximum Gasteiger partial charge on any atom is 0.289 e. The Morgan fingerprint density at radius 2 is 1.91 bits per heavy atom. The van der Waals surface area contributed by atoms with E-state index in [1.165, 1.54) is 18.4 Å². The number of halogens is 1. The average molecular weight is 438 g/mol. The highest BCUT2D eigenvalue weighted by atomic mass is 19.1. The van der Waals surface area contributed by atoms with Crippen LogP contribution < -0.4 is 15.6 Å². The first kappa shape index (κ1) is 22.0. The quantitative estimate of drug-likeness (QED) is 0.518. The normalized spacial score (nSPS) is 17.9. The number of hydrogen-bond acceptors (Lipinski definition) is 5. The van der Waals surface area contributed by atoms with Gasteiger partial charge in [0, 0.05) is 31.2 Å². The van der Waals surface area contributed by atoms with Gasteiger partial charge in [0.05, 0.1) is 6.26 Å². The van der Waals surface area contributed by atoms with Crippen molar-refractivity contribution in [2.75, 3.05) is 13.6 Å². The molecule has 2 N–H and O–H groups in total. The minimum Gasteiger partial charge on any atom is -0.489 e. The van der Waals surface area contributed by atoms with E-state index in [1.807, 2.05) is 42.5 Å². The molecule has 168 valence electrons. The Bertz CT molecular complexity index is 1010. The number of para-hydroxylation sites is 1. The number of rotatable bonds is 9. The summed E-state index contributed by atoms with van der Waals surface area (Å²) in [4.78, 5) is 14.5. The minimum atomic E-state index is -0.227. The number of benzene rings is 2. The molecule has 0 bridgehead atoms.